The molecule has 1 aromatic heterocycles. The monoisotopic (exact) mass is 408 g/mol. The zero-order chi connectivity index (χ0) is 20.2. The van der Waals surface area contributed by atoms with Crippen molar-refractivity contribution in [2.24, 2.45) is 0 Å². The average Bonchev–Trinajstić information content (AvgIpc) is 3.34. The number of aryl methyl sites for hydroxylation is 1. The number of anilines is 1. The number of nitrogens with zero attached hydrogens (tertiary/aromatic N) is 4. The van der Waals surface area contributed by atoms with E-state index >= 15 is 0 Å². The Morgan fingerprint density at radius 3 is 2.86 bits per heavy atom. The second-order valence-electron chi connectivity index (χ2n) is 7.03. The quantitative estimate of drug-likeness (QED) is 0.559. The van der Waals surface area contributed by atoms with Gasteiger partial charge < -0.3 is 9.64 Å². The van der Waals surface area contributed by atoms with Gasteiger partial charge in [-0.05, 0) is 31.0 Å². The third-order valence-electron chi connectivity index (χ3n) is 5.03. The van der Waals surface area contributed by atoms with E-state index in [1.165, 1.54) is 22.9 Å². The number of hydrogen-bond acceptors (Lipinski definition) is 5. The van der Waals surface area contributed by atoms with Gasteiger partial charge >= 0.3 is 0 Å². The largest absolute Gasteiger partial charge is 0.383 e. The van der Waals surface area contributed by atoms with E-state index in [1.54, 1.807) is 7.11 Å². The maximum absolute atomic E-state index is 12.9. The number of thioether (sulfide) groups is 1. The molecule has 0 saturated heterocycles. The smallest absolute Gasteiger partial charge is 0.237 e. The predicted molar refractivity (Wildman–Crippen MR) is 115 cm³/mol. The van der Waals surface area contributed by atoms with Gasteiger partial charge in [0.1, 0.15) is 0 Å². The van der Waals surface area contributed by atoms with Crippen LogP contribution in [-0.4, -0.2) is 46.7 Å². The maximum atomic E-state index is 12.9. The van der Waals surface area contributed by atoms with E-state index in [2.05, 4.69) is 35.3 Å². The summed E-state index contributed by atoms with van der Waals surface area (Å²) in [5.41, 5.74) is 4.44. The van der Waals surface area contributed by atoms with E-state index in [0.29, 0.717) is 18.9 Å². The minimum Gasteiger partial charge on any atom is -0.383 e. The van der Waals surface area contributed by atoms with Crippen LogP contribution in [0.5, 0.6) is 0 Å². The number of rotatable bonds is 7. The van der Waals surface area contributed by atoms with E-state index in [-0.39, 0.29) is 5.91 Å². The number of fused-ring (bicyclic) bond motifs is 1. The number of para-hydroxylation sites is 1. The van der Waals surface area contributed by atoms with E-state index in [1.807, 2.05) is 39.8 Å². The van der Waals surface area contributed by atoms with Crippen LogP contribution < -0.4 is 4.90 Å². The van der Waals surface area contributed by atoms with Crippen molar-refractivity contribution in [1.82, 2.24) is 14.8 Å². The van der Waals surface area contributed by atoms with Gasteiger partial charge in [0.2, 0.25) is 5.91 Å². The van der Waals surface area contributed by atoms with Crippen LogP contribution >= 0.6 is 11.8 Å². The summed E-state index contributed by atoms with van der Waals surface area (Å²) in [5, 5.41) is 9.51. The van der Waals surface area contributed by atoms with Crippen molar-refractivity contribution in [2.45, 2.75) is 25.0 Å². The van der Waals surface area contributed by atoms with Crippen molar-refractivity contribution < 1.29 is 9.53 Å². The number of carbonyl (C=O) groups excluding carboxylic acids is 1. The van der Waals surface area contributed by atoms with Crippen molar-refractivity contribution in [3.05, 3.63) is 59.7 Å². The summed E-state index contributed by atoms with van der Waals surface area (Å²) < 4.78 is 7.31. The molecule has 1 aliphatic rings. The molecule has 0 aliphatic carbocycles. The van der Waals surface area contributed by atoms with Crippen LogP contribution in [0.3, 0.4) is 0 Å². The SMILES string of the molecule is COCCn1c(SCC(=O)N2CCc3ccccc32)nnc1-c1cccc(C)c1. The van der Waals surface area contributed by atoms with Crippen molar-refractivity contribution >= 4 is 23.4 Å². The Morgan fingerprint density at radius 2 is 2.03 bits per heavy atom. The van der Waals surface area contributed by atoms with Crippen LogP contribution in [0, 0.1) is 6.92 Å². The molecule has 0 fully saturated rings. The third-order valence-corrected chi connectivity index (χ3v) is 5.98. The van der Waals surface area contributed by atoms with Crippen LogP contribution in [0.25, 0.3) is 11.4 Å². The lowest BCUT2D eigenvalue weighted by Gasteiger charge is -2.17. The molecule has 2 heterocycles. The van der Waals surface area contributed by atoms with Gasteiger partial charge in [0.25, 0.3) is 0 Å². The fraction of sp³-hybridized carbons (Fsp3) is 0.318. The minimum atomic E-state index is 0.0957. The van der Waals surface area contributed by atoms with Crippen molar-refractivity contribution in [3.8, 4) is 11.4 Å². The molecule has 0 atom stereocenters. The Balaban J connectivity index is 1.52. The Morgan fingerprint density at radius 1 is 1.17 bits per heavy atom. The number of amides is 1. The Kier molecular flexibility index (Phi) is 5.97. The lowest BCUT2D eigenvalue weighted by Crippen LogP contribution is -2.30. The normalized spacial score (nSPS) is 13.0. The molecule has 0 radical (unpaired) electrons. The number of benzene rings is 2. The number of aromatic nitrogens is 3. The van der Waals surface area contributed by atoms with Gasteiger partial charge in [-0.1, -0.05) is 53.7 Å². The molecule has 29 heavy (non-hydrogen) atoms. The van der Waals surface area contributed by atoms with Gasteiger partial charge in [0, 0.05) is 24.9 Å². The molecule has 0 unspecified atom stereocenters. The number of carbonyl (C=O) groups is 1. The molecular formula is C22H24N4O2S. The Bertz CT molecular complexity index is 1020. The van der Waals surface area contributed by atoms with Crippen molar-refractivity contribution in [3.63, 3.8) is 0 Å². The lowest BCUT2D eigenvalue weighted by atomic mass is 10.1. The summed E-state index contributed by atoms with van der Waals surface area (Å²) in [6, 6.07) is 16.3. The summed E-state index contributed by atoms with van der Waals surface area (Å²) in [7, 11) is 1.68. The van der Waals surface area contributed by atoms with Crippen LogP contribution in [0.15, 0.2) is 53.7 Å². The first-order chi connectivity index (χ1) is 14.2. The molecule has 0 bridgehead atoms. The second-order valence-corrected chi connectivity index (χ2v) is 7.98. The predicted octanol–water partition coefficient (Wildman–Crippen LogP) is 3.58. The molecule has 0 spiro atoms. The molecule has 2 aromatic carbocycles. The fourth-order valence-corrected chi connectivity index (χ4v) is 4.42. The summed E-state index contributed by atoms with van der Waals surface area (Å²) in [5.74, 6) is 1.22. The molecule has 3 aromatic rings. The summed E-state index contributed by atoms with van der Waals surface area (Å²) in [6.45, 7) is 3.99. The highest BCUT2D eigenvalue weighted by molar-refractivity contribution is 7.99. The fourth-order valence-electron chi connectivity index (χ4n) is 3.58. The van der Waals surface area contributed by atoms with Crippen LogP contribution in [0.1, 0.15) is 11.1 Å². The van der Waals surface area contributed by atoms with Gasteiger partial charge in [0.05, 0.1) is 18.9 Å². The number of ether oxygens (including phenoxy) is 1. The first-order valence-corrected chi connectivity index (χ1v) is 10.7. The topological polar surface area (TPSA) is 60.2 Å². The van der Waals surface area contributed by atoms with Crippen molar-refractivity contribution in [2.75, 3.05) is 30.9 Å². The Hall–Kier alpha value is -2.64. The Labute approximate surface area is 174 Å². The highest BCUT2D eigenvalue weighted by Crippen LogP contribution is 2.29. The van der Waals surface area contributed by atoms with Crippen LogP contribution in [0.4, 0.5) is 5.69 Å². The first-order valence-electron chi connectivity index (χ1n) is 9.67. The van der Waals surface area contributed by atoms with E-state index in [0.717, 1.165) is 35.2 Å². The highest BCUT2D eigenvalue weighted by Gasteiger charge is 2.25. The highest BCUT2D eigenvalue weighted by atomic mass is 32.2. The third kappa shape index (κ3) is 4.21. The number of methoxy groups -OCH3 is 1. The summed E-state index contributed by atoms with van der Waals surface area (Å²) in [6.07, 6.45) is 0.911. The molecule has 7 heteroatoms. The molecular weight excluding hydrogens is 384 g/mol. The van der Waals surface area contributed by atoms with Gasteiger partial charge in [0.15, 0.2) is 11.0 Å². The number of hydrogen-bond donors (Lipinski definition) is 0. The van der Waals surface area contributed by atoms with E-state index < -0.39 is 0 Å². The first kappa shape index (κ1) is 19.7. The van der Waals surface area contributed by atoms with Gasteiger partial charge in [-0.25, -0.2) is 0 Å². The zero-order valence-electron chi connectivity index (χ0n) is 16.7. The lowest BCUT2D eigenvalue weighted by molar-refractivity contribution is -0.116. The summed E-state index contributed by atoms with van der Waals surface area (Å²) >= 11 is 1.43. The molecule has 150 valence electrons. The maximum Gasteiger partial charge on any atom is 0.237 e. The van der Waals surface area contributed by atoms with Crippen LogP contribution in [0.2, 0.25) is 0 Å². The van der Waals surface area contributed by atoms with Gasteiger partial charge in [-0.2, -0.15) is 0 Å². The van der Waals surface area contributed by atoms with Crippen LogP contribution in [-0.2, 0) is 22.5 Å². The van der Waals surface area contributed by atoms with Gasteiger partial charge in [-0.15, -0.1) is 10.2 Å². The van der Waals surface area contributed by atoms with E-state index in [4.69, 9.17) is 4.74 Å². The molecule has 0 saturated carbocycles. The molecule has 1 aliphatic heterocycles. The molecule has 4 rings (SSSR count). The zero-order valence-corrected chi connectivity index (χ0v) is 17.5. The molecule has 1 amide bonds. The summed E-state index contributed by atoms with van der Waals surface area (Å²) in [4.78, 5) is 14.7. The standard InChI is InChI=1S/C22H24N4O2S/c1-16-6-5-8-18(14-16)21-23-24-22(26(21)12-13-28-2)29-15-20(27)25-11-10-17-7-3-4-9-19(17)25/h3-9,14H,10-13,15H2,1-2H3. The van der Waals surface area contributed by atoms with Gasteiger partial charge in [-0.3, -0.25) is 9.36 Å². The second kappa shape index (κ2) is 8.80. The average molecular weight is 409 g/mol. The van der Waals surface area contributed by atoms with Crippen molar-refractivity contribution in [1.29, 1.82) is 0 Å². The van der Waals surface area contributed by atoms with E-state index in [9.17, 15) is 4.79 Å². The molecule has 0 N–H and O–H groups in total. The molecule has 6 nitrogen and oxygen atoms in total. The minimum absolute atomic E-state index is 0.0957.